The normalized spacial score (nSPS) is 22.3. The van der Waals surface area contributed by atoms with Crippen LogP contribution < -0.4 is 18.9 Å². The number of allylic oxidation sites excluding steroid dienone is 4. The van der Waals surface area contributed by atoms with Gasteiger partial charge in [-0.05, 0) is 31.8 Å². The van der Waals surface area contributed by atoms with Crippen LogP contribution in [0.3, 0.4) is 0 Å². The Morgan fingerprint density at radius 2 is 2.00 bits per heavy atom. The minimum Gasteiger partial charge on any atom is -1.00 e. The van der Waals surface area contributed by atoms with Crippen molar-refractivity contribution in [3.05, 3.63) is 22.8 Å². The van der Waals surface area contributed by atoms with Crippen molar-refractivity contribution in [3.63, 3.8) is 0 Å². The van der Waals surface area contributed by atoms with E-state index in [-0.39, 0.29) is 20.3 Å². The molecule has 0 saturated heterocycles. The monoisotopic (exact) mass is 158 g/mol. The van der Waals surface area contributed by atoms with Crippen LogP contribution >= 0.6 is 0 Å². The van der Waals surface area contributed by atoms with Crippen LogP contribution in [0.1, 0.15) is 42.0 Å². The van der Waals surface area contributed by atoms with E-state index in [1.54, 1.807) is 11.1 Å². The molecule has 1 unspecified atom stereocenters. The zero-order valence-corrected chi connectivity index (χ0v) is 9.07. The molecule has 12 heavy (non-hydrogen) atoms. The van der Waals surface area contributed by atoms with Gasteiger partial charge in [-0.25, -0.2) is 0 Å². The van der Waals surface area contributed by atoms with Gasteiger partial charge < -0.3 is 1.43 Å². The van der Waals surface area contributed by atoms with E-state index in [1.165, 1.54) is 18.4 Å². The summed E-state index contributed by atoms with van der Waals surface area (Å²) in [6.07, 6.45) is 4.93. The smallest absolute Gasteiger partial charge is 1.00 e. The molecule has 0 aliphatic heterocycles. The molecule has 0 bridgehead atoms. The Morgan fingerprint density at radius 3 is 2.33 bits per heavy atom. The quantitative estimate of drug-likeness (QED) is 0.522. The van der Waals surface area contributed by atoms with Crippen molar-refractivity contribution >= 4 is 0 Å². The fourth-order valence-corrected chi connectivity index (χ4v) is 1.88. The van der Waals surface area contributed by atoms with Crippen molar-refractivity contribution in [2.75, 3.05) is 0 Å². The Bertz CT molecular complexity index is 216. The number of hydrogen-bond acceptors (Lipinski definition) is 0. The molecule has 1 rings (SSSR count). The molecule has 0 nitrogen and oxygen atoms in total. The van der Waals surface area contributed by atoms with Gasteiger partial charge in [-0.15, -0.1) is 0 Å². The third-order valence-electron chi connectivity index (χ3n) is 2.64. The Hall–Kier alpha value is 0.0774. The van der Waals surface area contributed by atoms with E-state index in [9.17, 15) is 0 Å². The molecular weight excluding hydrogens is 139 g/mol. The van der Waals surface area contributed by atoms with Gasteiger partial charge in [0.15, 0.2) is 0 Å². The summed E-state index contributed by atoms with van der Waals surface area (Å²) in [5.41, 5.74) is 4.69. The Labute approximate surface area is 89.8 Å². The van der Waals surface area contributed by atoms with Crippen molar-refractivity contribution in [1.29, 1.82) is 0 Å². The first-order chi connectivity index (χ1) is 5.16. The summed E-state index contributed by atoms with van der Waals surface area (Å²) in [7, 11) is 0. The van der Waals surface area contributed by atoms with Gasteiger partial charge in [0, 0.05) is 0 Å². The zero-order chi connectivity index (χ0) is 8.43. The molecule has 0 saturated carbocycles. The maximum atomic E-state index is 2.38. The van der Waals surface area contributed by atoms with Crippen LogP contribution in [0.4, 0.5) is 0 Å². The van der Waals surface area contributed by atoms with E-state index in [1.807, 2.05) is 0 Å². The van der Waals surface area contributed by atoms with Crippen LogP contribution in [0.25, 0.3) is 0 Å². The largest absolute Gasteiger partial charge is 1.00 e. The first-order valence-corrected chi connectivity index (χ1v) is 4.55. The van der Waals surface area contributed by atoms with E-state index in [4.69, 9.17) is 0 Å². The van der Waals surface area contributed by atoms with Crippen LogP contribution in [0.2, 0.25) is 0 Å². The van der Waals surface area contributed by atoms with Gasteiger partial charge in [0.1, 0.15) is 0 Å². The van der Waals surface area contributed by atoms with Crippen LogP contribution in [0.5, 0.6) is 0 Å². The predicted molar refractivity (Wildman–Crippen MR) is 51.6 cm³/mol. The second kappa shape index (κ2) is 4.95. The summed E-state index contributed by atoms with van der Waals surface area (Å²) in [5, 5.41) is 0. The standard InChI is InChI=1S/C11H18.Li.H/c1-5-6-11-9(3)7-8(2)10(11)4;;/h7,9H,5-6H2,1-4H3;;/q;+1;-1. The molecule has 0 fully saturated rings. The first kappa shape index (κ1) is 12.1. The van der Waals surface area contributed by atoms with Gasteiger partial charge in [-0.3, -0.25) is 0 Å². The average Bonchev–Trinajstić information content (AvgIpc) is 2.17. The van der Waals surface area contributed by atoms with Crippen molar-refractivity contribution in [3.8, 4) is 0 Å². The van der Waals surface area contributed by atoms with Crippen LogP contribution in [-0.4, -0.2) is 0 Å². The van der Waals surface area contributed by atoms with Crippen LogP contribution in [-0.2, 0) is 0 Å². The van der Waals surface area contributed by atoms with Gasteiger partial charge in [-0.1, -0.05) is 37.5 Å². The van der Waals surface area contributed by atoms with E-state index in [0.29, 0.717) is 5.92 Å². The molecule has 0 N–H and O–H groups in total. The van der Waals surface area contributed by atoms with Gasteiger partial charge in [0.05, 0.1) is 0 Å². The van der Waals surface area contributed by atoms with Crippen LogP contribution in [0.15, 0.2) is 22.8 Å². The minimum absolute atomic E-state index is 0. The number of rotatable bonds is 2. The van der Waals surface area contributed by atoms with Gasteiger partial charge in [0.25, 0.3) is 0 Å². The van der Waals surface area contributed by atoms with E-state index >= 15 is 0 Å². The fourth-order valence-electron chi connectivity index (χ4n) is 1.88. The second-order valence-corrected chi connectivity index (χ2v) is 3.54. The van der Waals surface area contributed by atoms with Crippen molar-refractivity contribution < 1.29 is 20.3 Å². The maximum absolute atomic E-state index is 2.38. The molecule has 0 aromatic heterocycles. The SMILES string of the molecule is CCCC1=C(C)C(C)=CC1C.[H-].[Li+]. The molecule has 0 aromatic rings. The summed E-state index contributed by atoms with van der Waals surface area (Å²) in [6.45, 7) is 9.01. The number of hydrogen-bond donors (Lipinski definition) is 0. The molecule has 0 spiro atoms. The Kier molecular flexibility index (Phi) is 4.98. The van der Waals surface area contributed by atoms with Gasteiger partial charge in [0.2, 0.25) is 0 Å². The molecule has 1 aliphatic rings. The van der Waals surface area contributed by atoms with Crippen molar-refractivity contribution in [2.24, 2.45) is 5.92 Å². The van der Waals surface area contributed by atoms with E-state index in [0.717, 1.165) is 0 Å². The summed E-state index contributed by atoms with van der Waals surface area (Å²) in [5.74, 6) is 0.704. The molecule has 0 aromatic carbocycles. The van der Waals surface area contributed by atoms with Crippen LogP contribution in [0, 0.1) is 5.92 Å². The average molecular weight is 158 g/mol. The van der Waals surface area contributed by atoms with Gasteiger partial charge >= 0.3 is 18.9 Å². The topological polar surface area (TPSA) is 0 Å². The van der Waals surface area contributed by atoms with Crippen molar-refractivity contribution in [2.45, 2.75) is 40.5 Å². The Morgan fingerprint density at radius 1 is 1.42 bits per heavy atom. The summed E-state index contributed by atoms with van der Waals surface area (Å²) >= 11 is 0. The van der Waals surface area contributed by atoms with E-state index < -0.39 is 0 Å². The molecule has 64 valence electrons. The third kappa shape index (κ3) is 2.28. The Balaban J connectivity index is 0. The molecule has 1 heteroatoms. The molecule has 1 aliphatic carbocycles. The van der Waals surface area contributed by atoms with E-state index in [2.05, 4.69) is 33.8 Å². The molecule has 0 amide bonds. The molecular formula is C11H19Li. The molecule has 1 atom stereocenters. The molecule has 0 heterocycles. The maximum Gasteiger partial charge on any atom is 1.00 e. The summed E-state index contributed by atoms with van der Waals surface area (Å²) < 4.78 is 0. The molecule has 0 radical (unpaired) electrons. The predicted octanol–water partition coefficient (Wildman–Crippen LogP) is 0.815. The third-order valence-corrected chi connectivity index (χ3v) is 2.64. The minimum atomic E-state index is 0. The zero-order valence-electron chi connectivity index (χ0n) is 10.1. The van der Waals surface area contributed by atoms with Gasteiger partial charge in [-0.2, -0.15) is 0 Å². The first-order valence-electron chi connectivity index (χ1n) is 4.55. The summed E-state index contributed by atoms with van der Waals surface area (Å²) in [6, 6.07) is 0. The fraction of sp³-hybridized carbons (Fsp3) is 0.636. The van der Waals surface area contributed by atoms with Crippen molar-refractivity contribution in [1.82, 2.24) is 0 Å². The summed E-state index contributed by atoms with van der Waals surface area (Å²) in [4.78, 5) is 0. The second-order valence-electron chi connectivity index (χ2n) is 3.54.